The lowest BCUT2D eigenvalue weighted by Gasteiger charge is -2.05. The second-order valence-electron chi connectivity index (χ2n) is 5.78. The van der Waals surface area contributed by atoms with E-state index in [0.29, 0.717) is 39.2 Å². The van der Waals surface area contributed by atoms with E-state index < -0.39 is 0 Å². The molecule has 0 aliphatic carbocycles. The summed E-state index contributed by atoms with van der Waals surface area (Å²) >= 11 is 1.32. The molecule has 0 saturated carbocycles. The van der Waals surface area contributed by atoms with Gasteiger partial charge in [-0.15, -0.1) is 0 Å². The summed E-state index contributed by atoms with van der Waals surface area (Å²) in [5.74, 6) is 0.669. The topological polar surface area (TPSA) is 89.6 Å². The van der Waals surface area contributed by atoms with Gasteiger partial charge in [-0.1, -0.05) is 29.1 Å². The van der Waals surface area contributed by atoms with Crippen LogP contribution in [-0.2, 0) is 12.8 Å². The fraction of sp³-hybridized carbons (Fsp3) is 0.176. The lowest BCUT2D eigenvalue weighted by atomic mass is 10.2. The van der Waals surface area contributed by atoms with E-state index in [2.05, 4.69) is 20.1 Å². The van der Waals surface area contributed by atoms with Crippen LogP contribution in [0.5, 0.6) is 0 Å². The largest absolute Gasteiger partial charge is 0.353 e. The van der Waals surface area contributed by atoms with Gasteiger partial charge in [0.2, 0.25) is 11.7 Å². The highest BCUT2D eigenvalue weighted by Crippen LogP contribution is 2.23. The Morgan fingerprint density at radius 3 is 2.96 bits per heavy atom. The Bertz CT molecular complexity index is 1160. The van der Waals surface area contributed by atoms with E-state index in [1.807, 2.05) is 13.0 Å². The van der Waals surface area contributed by atoms with Crippen LogP contribution in [0, 0.1) is 12.7 Å². The Labute approximate surface area is 151 Å². The van der Waals surface area contributed by atoms with Crippen molar-refractivity contribution in [2.45, 2.75) is 17.8 Å². The van der Waals surface area contributed by atoms with Crippen LogP contribution in [0.15, 0.2) is 44.8 Å². The number of H-pyrrole nitrogens is 1. The van der Waals surface area contributed by atoms with Crippen LogP contribution in [-0.4, -0.2) is 24.7 Å². The summed E-state index contributed by atoms with van der Waals surface area (Å²) in [6, 6.07) is 7.82. The van der Waals surface area contributed by atoms with Gasteiger partial charge in [0.25, 0.3) is 5.56 Å². The highest BCUT2D eigenvalue weighted by atomic mass is 32.2. The lowest BCUT2D eigenvalue weighted by molar-refractivity contribution is 0.391. The molecule has 0 aliphatic heterocycles. The van der Waals surface area contributed by atoms with E-state index in [0.717, 1.165) is 5.69 Å². The number of hydrogen-bond donors (Lipinski definition) is 1. The lowest BCUT2D eigenvalue weighted by Crippen LogP contribution is -2.19. The number of nitrogens with one attached hydrogen (secondary N) is 1. The molecule has 0 saturated heterocycles. The minimum atomic E-state index is -0.363. The molecule has 1 aromatic carbocycles. The van der Waals surface area contributed by atoms with E-state index in [9.17, 15) is 9.18 Å². The normalized spacial score (nSPS) is 11.3. The number of aromatic nitrogens is 5. The molecule has 3 heterocycles. The Kier molecular flexibility index (Phi) is 4.08. The zero-order chi connectivity index (χ0) is 18.3. The average Bonchev–Trinajstić information content (AvgIpc) is 3.23. The Morgan fingerprint density at radius 1 is 1.31 bits per heavy atom. The summed E-state index contributed by atoms with van der Waals surface area (Å²) in [5.41, 5.74) is 2.39. The first kappa shape index (κ1) is 16.5. The highest BCUT2D eigenvalue weighted by Gasteiger charge is 2.14. The monoisotopic (exact) mass is 371 g/mol. The molecule has 132 valence electrons. The predicted octanol–water partition coefficient (Wildman–Crippen LogP) is 3.05. The van der Waals surface area contributed by atoms with E-state index in [1.165, 1.54) is 28.5 Å². The molecule has 0 radical (unpaired) electrons. The summed E-state index contributed by atoms with van der Waals surface area (Å²) in [7, 11) is 1.67. The van der Waals surface area contributed by atoms with Crippen LogP contribution in [0.25, 0.3) is 22.4 Å². The molecule has 0 amide bonds. The summed E-state index contributed by atoms with van der Waals surface area (Å²) in [6.45, 7) is 1.88. The highest BCUT2D eigenvalue weighted by molar-refractivity contribution is 7.98. The number of halogens is 1. The van der Waals surface area contributed by atoms with Crippen molar-refractivity contribution in [3.63, 3.8) is 0 Å². The van der Waals surface area contributed by atoms with Crippen LogP contribution in [0.2, 0.25) is 0 Å². The van der Waals surface area contributed by atoms with Crippen molar-refractivity contribution in [2.75, 3.05) is 0 Å². The third-order valence-electron chi connectivity index (χ3n) is 3.83. The number of nitrogens with zero attached hydrogens (tertiary/aromatic N) is 4. The first-order valence-electron chi connectivity index (χ1n) is 7.79. The Morgan fingerprint density at radius 2 is 2.15 bits per heavy atom. The standard InChI is InChI=1S/C17H14FN5O2S/c1-9-6-12-14(19-9)16(24)23(2)17(20-12)26-8-13-21-15(22-25-13)10-4-3-5-11(18)7-10/h3-7,19H,8H2,1-2H3. The van der Waals surface area contributed by atoms with Crippen LogP contribution in [0.4, 0.5) is 4.39 Å². The van der Waals surface area contributed by atoms with Gasteiger partial charge in [0.1, 0.15) is 11.3 Å². The van der Waals surface area contributed by atoms with Gasteiger partial charge in [0.15, 0.2) is 5.16 Å². The van der Waals surface area contributed by atoms with Crippen LogP contribution >= 0.6 is 11.8 Å². The molecule has 9 heteroatoms. The number of hydrogen-bond acceptors (Lipinski definition) is 6. The summed E-state index contributed by atoms with van der Waals surface area (Å²) in [6.07, 6.45) is 0. The Balaban J connectivity index is 1.57. The second-order valence-corrected chi connectivity index (χ2v) is 6.72. The number of fused-ring (bicyclic) bond motifs is 1. The maximum absolute atomic E-state index is 13.3. The first-order chi connectivity index (χ1) is 12.5. The molecule has 1 N–H and O–H groups in total. The van der Waals surface area contributed by atoms with Crippen molar-refractivity contribution in [2.24, 2.45) is 7.05 Å². The zero-order valence-corrected chi connectivity index (χ0v) is 14.8. The molecule has 0 bridgehead atoms. The number of aryl methyl sites for hydroxylation is 1. The van der Waals surface area contributed by atoms with Crippen molar-refractivity contribution in [1.82, 2.24) is 24.7 Å². The molecule has 0 aliphatic rings. The van der Waals surface area contributed by atoms with Gasteiger partial charge in [-0.05, 0) is 25.1 Å². The molecular weight excluding hydrogens is 357 g/mol. The smallest absolute Gasteiger partial charge is 0.278 e. The van der Waals surface area contributed by atoms with Crippen LogP contribution in [0.3, 0.4) is 0 Å². The number of thioether (sulfide) groups is 1. The van der Waals surface area contributed by atoms with Crippen LogP contribution < -0.4 is 5.56 Å². The van der Waals surface area contributed by atoms with Crippen molar-refractivity contribution < 1.29 is 8.91 Å². The summed E-state index contributed by atoms with van der Waals surface area (Å²) in [4.78, 5) is 24.2. The molecule has 0 atom stereocenters. The van der Waals surface area contributed by atoms with Gasteiger partial charge in [-0.25, -0.2) is 9.37 Å². The number of aromatic amines is 1. The number of rotatable bonds is 4. The van der Waals surface area contributed by atoms with Crippen molar-refractivity contribution >= 4 is 22.8 Å². The van der Waals surface area contributed by atoms with E-state index in [-0.39, 0.29) is 11.4 Å². The molecule has 3 aromatic heterocycles. The average molecular weight is 371 g/mol. The SMILES string of the molecule is Cc1cc2nc(SCc3nc(-c4cccc(F)c4)no3)n(C)c(=O)c2[nH]1. The summed E-state index contributed by atoms with van der Waals surface area (Å²) in [5, 5.41) is 4.42. The van der Waals surface area contributed by atoms with Crippen LogP contribution in [0.1, 0.15) is 11.6 Å². The van der Waals surface area contributed by atoms with Gasteiger partial charge in [0.05, 0.1) is 11.3 Å². The minimum absolute atomic E-state index is 0.142. The Hall–Kier alpha value is -2.94. The zero-order valence-electron chi connectivity index (χ0n) is 14.0. The van der Waals surface area contributed by atoms with Crippen molar-refractivity contribution in [3.05, 3.63) is 58.1 Å². The number of benzene rings is 1. The molecular formula is C17H14FN5O2S. The first-order valence-corrected chi connectivity index (χ1v) is 8.77. The van der Waals surface area contributed by atoms with Gasteiger partial charge in [-0.2, -0.15) is 4.98 Å². The molecule has 0 unspecified atom stereocenters. The predicted molar refractivity (Wildman–Crippen MR) is 95.3 cm³/mol. The molecule has 7 nitrogen and oxygen atoms in total. The van der Waals surface area contributed by atoms with Gasteiger partial charge in [0, 0.05) is 18.3 Å². The van der Waals surface area contributed by atoms with Crippen molar-refractivity contribution in [3.8, 4) is 11.4 Å². The molecule has 4 aromatic rings. The minimum Gasteiger partial charge on any atom is -0.353 e. The fourth-order valence-corrected chi connectivity index (χ4v) is 3.38. The summed E-state index contributed by atoms with van der Waals surface area (Å²) < 4.78 is 20.0. The van der Waals surface area contributed by atoms with Crippen molar-refractivity contribution in [1.29, 1.82) is 0 Å². The molecule has 4 rings (SSSR count). The maximum atomic E-state index is 13.3. The maximum Gasteiger partial charge on any atom is 0.278 e. The van der Waals surface area contributed by atoms with E-state index in [1.54, 1.807) is 19.2 Å². The van der Waals surface area contributed by atoms with Gasteiger partial charge < -0.3 is 9.51 Å². The van der Waals surface area contributed by atoms with E-state index in [4.69, 9.17) is 4.52 Å². The fourth-order valence-electron chi connectivity index (χ4n) is 2.57. The van der Waals surface area contributed by atoms with Gasteiger partial charge >= 0.3 is 0 Å². The third kappa shape index (κ3) is 3.01. The molecule has 0 fully saturated rings. The van der Waals surface area contributed by atoms with Gasteiger partial charge in [-0.3, -0.25) is 9.36 Å². The molecule has 0 spiro atoms. The molecule has 26 heavy (non-hydrogen) atoms. The van der Waals surface area contributed by atoms with E-state index >= 15 is 0 Å². The quantitative estimate of drug-likeness (QED) is 0.438. The second kappa shape index (κ2) is 6.41. The third-order valence-corrected chi connectivity index (χ3v) is 4.84.